The summed E-state index contributed by atoms with van der Waals surface area (Å²) < 4.78 is 5.40. The average molecular weight is 469 g/mol. The summed E-state index contributed by atoms with van der Waals surface area (Å²) in [5, 5.41) is 33.4. The zero-order valence-corrected chi connectivity index (χ0v) is 19.1. The van der Waals surface area contributed by atoms with Crippen molar-refractivity contribution in [1.82, 2.24) is 4.98 Å². The molecule has 1 saturated heterocycles. The third-order valence-electron chi connectivity index (χ3n) is 6.05. The van der Waals surface area contributed by atoms with Gasteiger partial charge in [-0.2, -0.15) is 0 Å². The number of ketones is 4. The van der Waals surface area contributed by atoms with E-state index in [2.05, 4.69) is 17.6 Å². The number of aromatic nitrogens is 1. The molecule has 1 aliphatic heterocycles. The van der Waals surface area contributed by atoms with E-state index in [1.165, 1.54) is 0 Å². The van der Waals surface area contributed by atoms with Crippen LogP contribution in [0.25, 0.3) is 0 Å². The maximum Gasteiger partial charge on any atom is 0.190 e. The molecule has 0 bridgehead atoms. The predicted molar refractivity (Wildman–Crippen MR) is 115 cm³/mol. The van der Waals surface area contributed by atoms with Crippen LogP contribution >= 0.6 is 12.6 Å². The summed E-state index contributed by atoms with van der Waals surface area (Å²) in [5.74, 6) is -4.39. The van der Waals surface area contributed by atoms with E-state index in [0.29, 0.717) is 17.8 Å². The summed E-state index contributed by atoms with van der Waals surface area (Å²) in [6.45, 7) is 4.42. The van der Waals surface area contributed by atoms with Gasteiger partial charge in [0.2, 0.25) is 0 Å². The Kier molecular flexibility index (Phi) is 7.45. The van der Waals surface area contributed by atoms with E-state index in [1.54, 1.807) is 18.2 Å². The molecular weight excluding hydrogens is 440 g/mol. The number of nitrogens with two attached hydrogens (primary N) is 1. The Balaban J connectivity index is 2.57. The highest BCUT2D eigenvalue weighted by Crippen LogP contribution is 2.47. The lowest BCUT2D eigenvalue weighted by atomic mass is 9.59. The average Bonchev–Trinajstić information content (AvgIpc) is 2.73. The van der Waals surface area contributed by atoms with Gasteiger partial charge in [-0.1, -0.05) is 13.0 Å². The first kappa shape index (κ1) is 26.2. The molecule has 5 N–H and O–H groups in total. The highest BCUT2D eigenvalue weighted by molar-refractivity contribution is 7.80. The van der Waals surface area contributed by atoms with E-state index in [9.17, 15) is 34.5 Å². The molecule has 1 aromatic heterocycles. The van der Waals surface area contributed by atoms with Gasteiger partial charge < -0.3 is 25.8 Å². The molecule has 10 nitrogen and oxygen atoms in total. The standard InChI is InChI=1S/C21H28N2O8S/c1-5-13-7-6-8-14(23-13)9-15(27)16(28)17-20(29,11(3)25)21(30,12(4)26)19(22,10(2)24)18(32)31-17/h6-8,16-18,28-30,32H,5,9,22H2,1-4H3/t16?,17-,18+,19+,20-,21-/m1/s1. The van der Waals surface area contributed by atoms with E-state index in [4.69, 9.17) is 10.5 Å². The minimum absolute atomic E-state index is 0.316. The van der Waals surface area contributed by atoms with Crippen molar-refractivity contribution in [2.24, 2.45) is 5.73 Å². The van der Waals surface area contributed by atoms with Crippen molar-refractivity contribution in [2.45, 2.75) is 74.9 Å². The number of Topliss-reactive ketones (excluding diaryl/α,β-unsaturated/α-hetero) is 4. The van der Waals surface area contributed by atoms with Gasteiger partial charge in [0.15, 0.2) is 34.3 Å². The van der Waals surface area contributed by atoms with Gasteiger partial charge in [-0.15, -0.1) is 12.6 Å². The second-order valence-corrected chi connectivity index (χ2v) is 8.45. The Hall–Kier alpha value is -2.02. The van der Waals surface area contributed by atoms with Crippen molar-refractivity contribution >= 4 is 35.8 Å². The molecule has 1 unspecified atom stereocenters. The normalized spacial score (nSPS) is 33.4. The lowest BCUT2D eigenvalue weighted by Crippen LogP contribution is -2.89. The van der Waals surface area contributed by atoms with Crippen LogP contribution in [0.15, 0.2) is 18.2 Å². The molecule has 1 aliphatic rings. The number of aliphatic hydroxyl groups excluding tert-OH is 1. The van der Waals surface area contributed by atoms with Crippen LogP contribution in [0.3, 0.4) is 0 Å². The first-order valence-electron chi connectivity index (χ1n) is 9.95. The van der Waals surface area contributed by atoms with Gasteiger partial charge in [0.25, 0.3) is 0 Å². The van der Waals surface area contributed by atoms with Gasteiger partial charge in [0.1, 0.15) is 23.2 Å². The maximum atomic E-state index is 12.8. The third kappa shape index (κ3) is 3.72. The molecule has 0 spiro atoms. The SMILES string of the molecule is CCc1cccc(CC(=O)C(O)[C@H]2O[C@@H](S)[C@@](N)(C(C)=O)[C@](O)(C(C)=O)[C@@]2(O)C(C)=O)n1. The van der Waals surface area contributed by atoms with Crippen molar-refractivity contribution in [1.29, 1.82) is 0 Å². The molecule has 2 rings (SSSR count). The summed E-state index contributed by atoms with van der Waals surface area (Å²) in [7, 11) is 0. The zero-order valence-electron chi connectivity index (χ0n) is 18.2. The number of aliphatic hydroxyl groups is 3. The van der Waals surface area contributed by atoms with Crippen molar-refractivity contribution in [3.63, 3.8) is 0 Å². The minimum Gasteiger partial charge on any atom is -0.382 e. The molecule has 11 heteroatoms. The van der Waals surface area contributed by atoms with E-state index in [1.807, 2.05) is 6.92 Å². The second kappa shape index (κ2) is 9.08. The zero-order chi connectivity index (χ0) is 24.6. The van der Waals surface area contributed by atoms with E-state index < -0.39 is 57.5 Å². The number of carbonyl (C=O) groups excluding carboxylic acids is 4. The molecule has 0 aliphatic carbocycles. The van der Waals surface area contributed by atoms with Crippen molar-refractivity contribution in [3.05, 3.63) is 29.6 Å². The third-order valence-corrected chi connectivity index (χ3v) is 6.58. The minimum atomic E-state index is -3.24. The van der Waals surface area contributed by atoms with Gasteiger partial charge in [0, 0.05) is 11.4 Å². The monoisotopic (exact) mass is 468 g/mol. The summed E-state index contributed by atoms with van der Waals surface area (Å²) in [5.41, 5.74) is -3.83. The maximum absolute atomic E-state index is 12.8. The van der Waals surface area contributed by atoms with Gasteiger partial charge in [0.05, 0.1) is 6.42 Å². The number of carbonyl (C=O) groups is 4. The van der Waals surface area contributed by atoms with Crippen molar-refractivity contribution < 1.29 is 39.2 Å². The molecular formula is C21H28N2O8S. The first-order valence-corrected chi connectivity index (χ1v) is 10.5. The number of thiol groups is 1. The molecule has 6 atom stereocenters. The lowest BCUT2D eigenvalue weighted by molar-refractivity contribution is -0.276. The van der Waals surface area contributed by atoms with Crippen LogP contribution in [0, 0.1) is 0 Å². The molecule has 0 amide bonds. The fourth-order valence-corrected chi connectivity index (χ4v) is 4.57. The van der Waals surface area contributed by atoms with Gasteiger partial charge in [-0.25, -0.2) is 0 Å². The van der Waals surface area contributed by atoms with Crippen molar-refractivity contribution in [2.75, 3.05) is 0 Å². The lowest BCUT2D eigenvalue weighted by Gasteiger charge is -2.58. The topological polar surface area (TPSA) is 177 Å². The molecule has 176 valence electrons. The Labute approximate surface area is 190 Å². The van der Waals surface area contributed by atoms with Crippen molar-refractivity contribution in [3.8, 4) is 0 Å². The van der Waals surface area contributed by atoms with E-state index in [-0.39, 0.29) is 6.42 Å². The van der Waals surface area contributed by atoms with Crippen LogP contribution in [0.2, 0.25) is 0 Å². The van der Waals surface area contributed by atoms with Crippen LogP contribution in [-0.4, -0.2) is 77.8 Å². The summed E-state index contributed by atoms with van der Waals surface area (Å²) in [6, 6.07) is 4.98. The first-order chi connectivity index (χ1) is 14.7. The van der Waals surface area contributed by atoms with E-state index >= 15 is 0 Å². The van der Waals surface area contributed by atoms with Crippen LogP contribution < -0.4 is 5.73 Å². The number of rotatable bonds is 8. The molecule has 0 aromatic carbocycles. The fourth-order valence-electron chi connectivity index (χ4n) is 4.07. The van der Waals surface area contributed by atoms with Gasteiger partial charge >= 0.3 is 0 Å². The Morgan fingerprint density at radius 2 is 1.69 bits per heavy atom. The number of ether oxygens (including phenoxy) is 1. The Bertz CT molecular complexity index is 955. The fraction of sp³-hybridized carbons (Fsp3) is 0.571. The van der Waals surface area contributed by atoms with Crippen LogP contribution in [0.1, 0.15) is 39.1 Å². The molecule has 2 heterocycles. The molecule has 1 aromatic rings. The Morgan fingerprint density at radius 3 is 2.16 bits per heavy atom. The molecule has 1 fully saturated rings. The number of nitrogens with zero attached hydrogens (tertiary/aromatic N) is 1. The van der Waals surface area contributed by atoms with Gasteiger partial charge in [-0.3, -0.25) is 24.2 Å². The summed E-state index contributed by atoms with van der Waals surface area (Å²) in [6.07, 6.45) is -4.11. The highest BCUT2D eigenvalue weighted by atomic mass is 32.1. The molecule has 0 saturated carbocycles. The predicted octanol–water partition coefficient (Wildman–Crippen LogP) is -1.30. The number of aryl methyl sites for hydroxylation is 1. The van der Waals surface area contributed by atoms with Crippen LogP contribution in [-0.2, 0) is 36.8 Å². The summed E-state index contributed by atoms with van der Waals surface area (Å²) >= 11 is 4.05. The quantitative estimate of drug-likeness (QED) is 0.288. The smallest absolute Gasteiger partial charge is 0.190 e. The number of hydrogen-bond acceptors (Lipinski definition) is 11. The van der Waals surface area contributed by atoms with Crippen LogP contribution in [0.4, 0.5) is 0 Å². The van der Waals surface area contributed by atoms with Crippen LogP contribution in [0.5, 0.6) is 0 Å². The second-order valence-electron chi connectivity index (χ2n) is 7.99. The van der Waals surface area contributed by atoms with E-state index in [0.717, 1.165) is 20.8 Å². The number of pyridine rings is 1. The molecule has 0 radical (unpaired) electrons. The van der Waals surface area contributed by atoms with Gasteiger partial charge in [-0.05, 0) is 39.3 Å². The largest absolute Gasteiger partial charge is 0.382 e. The highest BCUT2D eigenvalue weighted by Gasteiger charge is 2.77. The molecule has 32 heavy (non-hydrogen) atoms. The Morgan fingerprint density at radius 1 is 1.12 bits per heavy atom. The number of hydrogen-bond donors (Lipinski definition) is 5. The summed E-state index contributed by atoms with van der Waals surface area (Å²) in [4.78, 5) is 54.5.